The molecule has 0 saturated heterocycles. The number of aromatic nitrogens is 2. The molecule has 3 atom stereocenters. The zero-order valence-electron chi connectivity index (χ0n) is 30.9. The Morgan fingerprint density at radius 2 is 1.20 bits per heavy atom. The highest BCUT2D eigenvalue weighted by Crippen LogP contribution is 2.62. The Labute approximate surface area is 326 Å². The number of para-hydroxylation sites is 5. The fraction of sp³-hybridized carbons (Fsp3) is 0.120. The van der Waals surface area contributed by atoms with E-state index in [9.17, 15) is 0 Å². The van der Waals surface area contributed by atoms with Crippen LogP contribution in [0.3, 0.4) is 0 Å². The summed E-state index contributed by atoms with van der Waals surface area (Å²) in [7, 11) is 0. The summed E-state index contributed by atoms with van der Waals surface area (Å²) >= 11 is 0. The molecular formula is C50H38N4O2. The van der Waals surface area contributed by atoms with E-state index in [-0.39, 0.29) is 6.04 Å². The van der Waals surface area contributed by atoms with Gasteiger partial charge in [-0.1, -0.05) is 129 Å². The predicted octanol–water partition coefficient (Wildman–Crippen LogP) is 12.6. The summed E-state index contributed by atoms with van der Waals surface area (Å²) in [5.74, 6) is 3.86. The van der Waals surface area contributed by atoms with Crippen molar-refractivity contribution in [3.05, 3.63) is 175 Å². The molecule has 6 nitrogen and oxygen atoms in total. The Morgan fingerprint density at radius 3 is 1.89 bits per heavy atom. The molecule has 56 heavy (non-hydrogen) atoms. The molecule has 0 bridgehead atoms. The molecule has 6 heteroatoms. The molecule has 3 unspecified atom stereocenters. The van der Waals surface area contributed by atoms with Crippen LogP contribution in [-0.2, 0) is 0 Å². The molecule has 3 aliphatic heterocycles. The van der Waals surface area contributed by atoms with Crippen molar-refractivity contribution < 1.29 is 9.47 Å². The first-order chi connectivity index (χ1) is 27.7. The van der Waals surface area contributed by atoms with Gasteiger partial charge < -0.3 is 14.8 Å². The number of rotatable bonds is 5. The van der Waals surface area contributed by atoms with E-state index >= 15 is 0 Å². The minimum absolute atomic E-state index is 0.160. The molecule has 1 aliphatic carbocycles. The first kappa shape index (κ1) is 32.5. The van der Waals surface area contributed by atoms with Crippen molar-refractivity contribution in [2.24, 2.45) is 11.8 Å². The third kappa shape index (κ3) is 5.17. The molecule has 0 amide bonds. The SMILES string of the molecule is CCC1CC(c2ccccc2)=C(c2cccc3c2Oc2cccc4c2N3c2cccc(-c3nc5ccccc5nc3-c3ccccc3)c2O4)NC2C=CC=CC12. The maximum absolute atomic E-state index is 7.03. The summed E-state index contributed by atoms with van der Waals surface area (Å²) < 4.78 is 14.0. The summed E-state index contributed by atoms with van der Waals surface area (Å²) in [4.78, 5) is 12.8. The van der Waals surface area contributed by atoms with Gasteiger partial charge in [-0.15, -0.1) is 0 Å². The van der Waals surface area contributed by atoms with Gasteiger partial charge in [0.15, 0.2) is 23.0 Å². The van der Waals surface area contributed by atoms with Crippen LogP contribution in [0.25, 0.3) is 44.8 Å². The molecule has 1 aromatic heterocycles. The fourth-order valence-electron chi connectivity index (χ4n) is 8.99. The van der Waals surface area contributed by atoms with E-state index in [1.165, 1.54) is 11.1 Å². The van der Waals surface area contributed by atoms with Crippen LogP contribution in [0.5, 0.6) is 23.0 Å². The first-order valence-electron chi connectivity index (χ1n) is 19.5. The Hall–Kier alpha value is -6.92. The number of allylic oxidation sites excluding steroid dienone is 3. The van der Waals surface area contributed by atoms with Crippen molar-refractivity contribution in [3.8, 4) is 45.5 Å². The average molecular weight is 727 g/mol. The fourth-order valence-corrected chi connectivity index (χ4v) is 8.99. The van der Waals surface area contributed by atoms with Crippen molar-refractivity contribution in [2.75, 3.05) is 4.90 Å². The van der Waals surface area contributed by atoms with E-state index in [1.54, 1.807) is 0 Å². The van der Waals surface area contributed by atoms with Crippen LogP contribution in [0, 0.1) is 11.8 Å². The second kappa shape index (κ2) is 13.1. The van der Waals surface area contributed by atoms with Crippen LogP contribution in [-0.4, -0.2) is 16.0 Å². The van der Waals surface area contributed by atoms with E-state index in [2.05, 4.69) is 120 Å². The zero-order chi connectivity index (χ0) is 37.2. The molecule has 0 fully saturated rings. The van der Waals surface area contributed by atoms with Gasteiger partial charge in [-0.2, -0.15) is 0 Å². The van der Waals surface area contributed by atoms with Gasteiger partial charge in [0.1, 0.15) is 11.4 Å². The molecule has 1 N–H and O–H groups in total. The smallest absolute Gasteiger partial charge is 0.161 e. The number of fused-ring (bicyclic) bond motifs is 6. The van der Waals surface area contributed by atoms with Crippen LogP contribution >= 0.6 is 0 Å². The number of hydrogen-bond acceptors (Lipinski definition) is 6. The second-order valence-electron chi connectivity index (χ2n) is 14.8. The molecule has 6 aromatic carbocycles. The number of benzene rings is 6. The van der Waals surface area contributed by atoms with Crippen LogP contribution in [0.4, 0.5) is 17.1 Å². The first-order valence-corrected chi connectivity index (χ1v) is 19.5. The lowest BCUT2D eigenvalue weighted by Crippen LogP contribution is -2.35. The lowest BCUT2D eigenvalue weighted by Gasteiger charge is -2.39. The van der Waals surface area contributed by atoms with Crippen molar-refractivity contribution >= 4 is 39.4 Å². The molecule has 7 aromatic rings. The van der Waals surface area contributed by atoms with Gasteiger partial charge in [0.25, 0.3) is 0 Å². The molecule has 4 heterocycles. The maximum Gasteiger partial charge on any atom is 0.161 e. The lowest BCUT2D eigenvalue weighted by atomic mass is 9.79. The number of anilines is 3. The van der Waals surface area contributed by atoms with E-state index < -0.39 is 0 Å². The maximum atomic E-state index is 7.03. The minimum atomic E-state index is 0.160. The van der Waals surface area contributed by atoms with Gasteiger partial charge >= 0.3 is 0 Å². The molecule has 0 radical (unpaired) electrons. The Kier molecular flexibility index (Phi) is 7.62. The summed E-state index contributed by atoms with van der Waals surface area (Å²) in [6, 6.07) is 48.2. The van der Waals surface area contributed by atoms with Crippen molar-refractivity contribution in [2.45, 2.75) is 25.8 Å². The minimum Gasteiger partial charge on any atom is -0.452 e. The van der Waals surface area contributed by atoms with E-state index in [0.717, 1.165) is 97.7 Å². The number of nitrogens with one attached hydrogen (secondary N) is 1. The molecule has 4 aliphatic rings. The van der Waals surface area contributed by atoms with E-state index in [4.69, 9.17) is 19.4 Å². The molecule has 0 saturated carbocycles. The average Bonchev–Trinajstić information content (AvgIpc) is 3.43. The number of nitrogens with zero attached hydrogens (tertiary/aromatic N) is 3. The normalized spacial score (nSPS) is 18.8. The highest BCUT2D eigenvalue weighted by Gasteiger charge is 2.39. The standard InChI is InChI=1S/C50H38N4O2/c1-2-31-30-37(32-16-5-3-6-17-32)46(51-38-23-10-9-20-34(31)38)35-21-13-26-41-49(35)55-43-28-15-29-44-48(43)54(41)42-27-14-22-36(50(42)56-44)47-45(33-18-7-4-8-19-33)52-39-24-11-12-25-40(39)53-47/h3-29,31,34,38,51H,2,30H2,1H3. The monoisotopic (exact) mass is 726 g/mol. The van der Waals surface area contributed by atoms with Gasteiger partial charge in [-0.3, -0.25) is 4.90 Å². The highest BCUT2D eigenvalue weighted by atomic mass is 16.5. The molecule has 270 valence electrons. The van der Waals surface area contributed by atoms with Crippen LogP contribution < -0.4 is 19.7 Å². The Morgan fingerprint density at radius 1 is 0.607 bits per heavy atom. The van der Waals surface area contributed by atoms with Gasteiger partial charge in [-0.25, -0.2) is 9.97 Å². The number of hydrogen-bond donors (Lipinski definition) is 1. The van der Waals surface area contributed by atoms with Gasteiger partial charge in [0.2, 0.25) is 0 Å². The predicted molar refractivity (Wildman–Crippen MR) is 226 cm³/mol. The third-order valence-electron chi connectivity index (χ3n) is 11.7. The summed E-state index contributed by atoms with van der Waals surface area (Å²) in [6.07, 6.45) is 11.1. The van der Waals surface area contributed by atoms with Crippen molar-refractivity contribution in [1.82, 2.24) is 15.3 Å². The zero-order valence-corrected chi connectivity index (χ0v) is 30.9. The van der Waals surface area contributed by atoms with Crippen molar-refractivity contribution in [1.29, 1.82) is 0 Å². The van der Waals surface area contributed by atoms with Crippen LogP contribution in [0.1, 0.15) is 30.9 Å². The topological polar surface area (TPSA) is 59.5 Å². The second-order valence-corrected chi connectivity index (χ2v) is 14.8. The Balaban J connectivity index is 1.12. The quantitative estimate of drug-likeness (QED) is 0.191. The molecule has 11 rings (SSSR count). The van der Waals surface area contributed by atoms with Gasteiger partial charge in [-0.05, 0) is 72.0 Å². The van der Waals surface area contributed by atoms with Crippen LogP contribution in [0.15, 0.2) is 164 Å². The van der Waals surface area contributed by atoms with E-state index in [0.29, 0.717) is 11.8 Å². The van der Waals surface area contributed by atoms with Crippen molar-refractivity contribution in [3.63, 3.8) is 0 Å². The molecule has 0 spiro atoms. The summed E-state index contributed by atoms with van der Waals surface area (Å²) in [5, 5.41) is 4.07. The van der Waals surface area contributed by atoms with E-state index in [1.807, 2.05) is 60.7 Å². The summed E-state index contributed by atoms with van der Waals surface area (Å²) in [6.45, 7) is 2.32. The van der Waals surface area contributed by atoms with Gasteiger partial charge in [0.05, 0.1) is 34.1 Å². The highest BCUT2D eigenvalue weighted by molar-refractivity contribution is 6.01. The van der Waals surface area contributed by atoms with Gasteiger partial charge in [0, 0.05) is 28.3 Å². The number of ether oxygens (including phenoxy) is 2. The third-order valence-corrected chi connectivity index (χ3v) is 11.7. The lowest BCUT2D eigenvalue weighted by molar-refractivity contribution is 0.352. The van der Waals surface area contributed by atoms with Crippen LogP contribution in [0.2, 0.25) is 0 Å². The largest absolute Gasteiger partial charge is 0.452 e. The Bertz CT molecular complexity index is 2770. The molecular weight excluding hydrogens is 689 g/mol. The summed E-state index contributed by atoms with van der Waals surface area (Å²) in [5.41, 5.74) is 12.5.